The molecule has 0 saturated carbocycles. The van der Waals surface area contributed by atoms with Gasteiger partial charge in [-0.1, -0.05) is 18.2 Å². The van der Waals surface area contributed by atoms with E-state index < -0.39 is 23.2 Å². The Balaban J connectivity index is 1.76. The van der Waals surface area contributed by atoms with E-state index in [4.69, 9.17) is 0 Å². The fraction of sp³-hybridized carbons (Fsp3) is 0. The first-order valence-corrected chi connectivity index (χ1v) is 6.70. The Bertz CT molecular complexity index is 892. The summed E-state index contributed by atoms with van der Waals surface area (Å²) in [7, 11) is 0. The number of benzene rings is 2. The molecule has 0 radical (unpaired) electrons. The van der Waals surface area contributed by atoms with Crippen molar-refractivity contribution in [2.45, 2.75) is 0 Å². The van der Waals surface area contributed by atoms with Crippen LogP contribution in [0.2, 0.25) is 0 Å². The van der Waals surface area contributed by atoms with Crippen molar-refractivity contribution >= 4 is 23.0 Å². The van der Waals surface area contributed by atoms with Gasteiger partial charge in [0.1, 0.15) is 0 Å². The molecule has 0 spiro atoms. The largest absolute Gasteiger partial charge is 0.504 e. The normalized spacial score (nSPS) is 11.1. The number of aromatic hydroxyl groups is 3. The van der Waals surface area contributed by atoms with E-state index in [1.54, 1.807) is 6.20 Å². The van der Waals surface area contributed by atoms with Gasteiger partial charge in [0.25, 0.3) is 5.91 Å². The van der Waals surface area contributed by atoms with E-state index in [1.165, 1.54) is 6.21 Å². The Morgan fingerprint density at radius 1 is 1.13 bits per heavy atom. The van der Waals surface area contributed by atoms with Gasteiger partial charge >= 0.3 is 0 Å². The van der Waals surface area contributed by atoms with Crippen LogP contribution in [-0.2, 0) is 0 Å². The Morgan fingerprint density at radius 3 is 2.57 bits per heavy atom. The molecular weight excluding hydrogens is 298 g/mol. The molecule has 3 rings (SSSR count). The molecule has 116 valence electrons. The van der Waals surface area contributed by atoms with Crippen LogP contribution in [0.5, 0.6) is 17.2 Å². The third-order valence-corrected chi connectivity index (χ3v) is 3.32. The number of amides is 1. The van der Waals surface area contributed by atoms with Crippen LogP contribution in [0.25, 0.3) is 10.9 Å². The number of carbonyl (C=O) groups is 1. The van der Waals surface area contributed by atoms with Gasteiger partial charge < -0.3 is 20.3 Å². The summed E-state index contributed by atoms with van der Waals surface area (Å²) in [5.74, 6) is -2.48. The van der Waals surface area contributed by atoms with Crippen LogP contribution in [0.4, 0.5) is 0 Å². The lowest BCUT2D eigenvalue weighted by molar-refractivity contribution is 0.0954. The number of H-pyrrole nitrogens is 1. The summed E-state index contributed by atoms with van der Waals surface area (Å²) in [6, 6.07) is 9.72. The van der Waals surface area contributed by atoms with Crippen LogP contribution in [0.3, 0.4) is 0 Å². The number of phenolic OH excluding ortho intramolecular Hbond substituents is 3. The number of aromatic amines is 1. The van der Waals surface area contributed by atoms with Gasteiger partial charge in [0.05, 0.1) is 6.21 Å². The minimum Gasteiger partial charge on any atom is -0.504 e. The molecule has 0 atom stereocenters. The summed E-state index contributed by atoms with van der Waals surface area (Å²) in [5.41, 5.74) is 4.01. The monoisotopic (exact) mass is 311 g/mol. The fourth-order valence-electron chi connectivity index (χ4n) is 2.16. The zero-order valence-corrected chi connectivity index (χ0v) is 11.8. The lowest BCUT2D eigenvalue weighted by atomic mass is 10.2. The molecule has 0 aliphatic heterocycles. The van der Waals surface area contributed by atoms with Gasteiger partial charge in [0, 0.05) is 28.2 Å². The first-order valence-electron chi connectivity index (χ1n) is 6.70. The van der Waals surface area contributed by atoms with Crippen molar-refractivity contribution in [1.82, 2.24) is 10.4 Å². The molecule has 1 heterocycles. The van der Waals surface area contributed by atoms with Crippen LogP contribution in [0.1, 0.15) is 15.9 Å². The number of fused-ring (bicyclic) bond motifs is 1. The molecule has 2 aromatic carbocycles. The minimum atomic E-state index is -0.677. The van der Waals surface area contributed by atoms with Crippen LogP contribution < -0.4 is 5.43 Å². The van der Waals surface area contributed by atoms with Crippen LogP contribution in [-0.4, -0.2) is 32.4 Å². The maximum atomic E-state index is 11.9. The Labute approximate surface area is 130 Å². The number of hydrogen-bond donors (Lipinski definition) is 5. The van der Waals surface area contributed by atoms with Crippen LogP contribution in [0, 0.1) is 0 Å². The summed E-state index contributed by atoms with van der Waals surface area (Å²) in [5, 5.41) is 32.8. The predicted molar refractivity (Wildman–Crippen MR) is 84.8 cm³/mol. The maximum Gasteiger partial charge on any atom is 0.271 e. The van der Waals surface area contributed by atoms with Crippen LogP contribution in [0.15, 0.2) is 47.7 Å². The second kappa shape index (κ2) is 5.72. The number of para-hydroxylation sites is 1. The quantitative estimate of drug-likeness (QED) is 0.289. The Hall–Kier alpha value is -3.48. The molecule has 0 fully saturated rings. The van der Waals surface area contributed by atoms with E-state index in [9.17, 15) is 20.1 Å². The summed E-state index contributed by atoms with van der Waals surface area (Å²) in [6.07, 6.45) is 3.25. The van der Waals surface area contributed by atoms with Gasteiger partial charge in [-0.2, -0.15) is 5.10 Å². The highest BCUT2D eigenvalue weighted by atomic mass is 16.3. The highest BCUT2D eigenvalue weighted by Crippen LogP contribution is 2.35. The van der Waals surface area contributed by atoms with Crippen molar-refractivity contribution in [2.75, 3.05) is 0 Å². The van der Waals surface area contributed by atoms with E-state index in [0.29, 0.717) is 0 Å². The number of carbonyl (C=O) groups excluding carboxylic acids is 1. The maximum absolute atomic E-state index is 11.9. The van der Waals surface area contributed by atoms with E-state index in [2.05, 4.69) is 15.5 Å². The number of aromatic nitrogens is 1. The van der Waals surface area contributed by atoms with E-state index in [0.717, 1.165) is 28.6 Å². The highest BCUT2D eigenvalue weighted by Gasteiger charge is 2.12. The third-order valence-electron chi connectivity index (χ3n) is 3.32. The molecule has 7 heteroatoms. The number of hydrazone groups is 1. The van der Waals surface area contributed by atoms with Gasteiger partial charge in [0.15, 0.2) is 17.2 Å². The van der Waals surface area contributed by atoms with Gasteiger partial charge in [-0.15, -0.1) is 0 Å². The number of nitrogens with zero attached hydrogens (tertiary/aromatic N) is 1. The topological polar surface area (TPSA) is 118 Å². The minimum absolute atomic E-state index is 0.0334. The summed E-state index contributed by atoms with van der Waals surface area (Å²) in [4.78, 5) is 15.0. The van der Waals surface area contributed by atoms with Crippen molar-refractivity contribution in [3.05, 3.63) is 53.7 Å². The molecular formula is C16H13N3O4. The lowest BCUT2D eigenvalue weighted by Crippen LogP contribution is -2.17. The SMILES string of the molecule is O=C(N/N=C\c1c[nH]c2ccccc12)c1cc(O)c(O)c(O)c1. The first-order chi connectivity index (χ1) is 11.1. The third kappa shape index (κ3) is 2.80. The molecule has 0 saturated heterocycles. The number of phenols is 3. The van der Waals surface area contributed by atoms with Gasteiger partial charge in [-0.05, 0) is 18.2 Å². The van der Waals surface area contributed by atoms with Gasteiger partial charge in [-0.3, -0.25) is 4.79 Å². The molecule has 1 amide bonds. The Morgan fingerprint density at radius 2 is 1.83 bits per heavy atom. The van der Waals surface area contributed by atoms with Crippen molar-refractivity contribution in [2.24, 2.45) is 5.10 Å². The second-order valence-electron chi connectivity index (χ2n) is 4.85. The molecule has 0 unspecified atom stereocenters. The van der Waals surface area contributed by atoms with E-state index in [1.807, 2.05) is 24.3 Å². The molecule has 1 aromatic heterocycles. The zero-order chi connectivity index (χ0) is 16.4. The first kappa shape index (κ1) is 14.5. The average molecular weight is 311 g/mol. The summed E-state index contributed by atoms with van der Waals surface area (Å²) in [6.45, 7) is 0. The van der Waals surface area contributed by atoms with E-state index >= 15 is 0 Å². The number of rotatable bonds is 3. The number of hydrogen-bond acceptors (Lipinski definition) is 5. The highest BCUT2D eigenvalue weighted by molar-refractivity contribution is 6.00. The van der Waals surface area contributed by atoms with Crippen molar-refractivity contribution in [3.8, 4) is 17.2 Å². The van der Waals surface area contributed by atoms with Crippen molar-refractivity contribution in [1.29, 1.82) is 0 Å². The fourth-order valence-corrected chi connectivity index (χ4v) is 2.16. The molecule has 7 nitrogen and oxygen atoms in total. The second-order valence-corrected chi connectivity index (χ2v) is 4.85. The molecule has 3 aromatic rings. The number of nitrogens with one attached hydrogen (secondary N) is 2. The van der Waals surface area contributed by atoms with Gasteiger partial charge in [-0.25, -0.2) is 5.43 Å². The predicted octanol–water partition coefficient (Wildman–Crippen LogP) is 2.05. The smallest absolute Gasteiger partial charge is 0.271 e. The van der Waals surface area contributed by atoms with Crippen LogP contribution >= 0.6 is 0 Å². The standard InChI is InChI=1S/C16H13N3O4/c20-13-5-9(6-14(21)15(13)22)16(23)19-18-8-10-7-17-12-4-2-1-3-11(10)12/h1-8,17,20-22H,(H,19,23)/b18-8-. The average Bonchev–Trinajstić information content (AvgIpc) is 2.95. The summed E-state index contributed by atoms with van der Waals surface area (Å²) >= 11 is 0. The van der Waals surface area contributed by atoms with Crippen molar-refractivity contribution < 1.29 is 20.1 Å². The van der Waals surface area contributed by atoms with Gasteiger partial charge in [0.2, 0.25) is 0 Å². The lowest BCUT2D eigenvalue weighted by Gasteiger charge is -2.04. The molecule has 0 aliphatic rings. The molecule has 0 aliphatic carbocycles. The molecule has 23 heavy (non-hydrogen) atoms. The zero-order valence-electron chi connectivity index (χ0n) is 11.8. The van der Waals surface area contributed by atoms with Crippen molar-refractivity contribution in [3.63, 3.8) is 0 Å². The van der Waals surface area contributed by atoms with E-state index in [-0.39, 0.29) is 5.56 Å². The molecule has 5 N–H and O–H groups in total. The summed E-state index contributed by atoms with van der Waals surface area (Å²) < 4.78 is 0. The Kier molecular flexibility index (Phi) is 3.60. The molecule has 0 bridgehead atoms.